The minimum Gasteiger partial charge on any atom is -0.497 e. The largest absolute Gasteiger partial charge is 0.497 e. The molecule has 1 unspecified atom stereocenters. The minimum atomic E-state index is -4.58. The third-order valence-corrected chi connectivity index (χ3v) is 6.46. The first-order chi connectivity index (χ1) is 16.8. The number of carbonyl (C=O) groups excluding carboxylic acids is 1. The van der Waals surface area contributed by atoms with Crippen molar-refractivity contribution in [3.8, 4) is 5.75 Å². The number of nitrogens with one attached hydrogen (secondary N) is 2. The highest BCUT2D eigenvalue weighted by molar-refractivity contribution is 5.92. The number of hydrogen-bond donors (Lipinski definition) is 2. The zero-order valence-corrected chi connectivity index (χ0v) is 19.2. The van der Waals surface area contributed by atoms with Gasteiger partial charge in [0, 0.05) is 23.1 Å². The Morgan fingerprint density at radius 3 is 2.54 bits per heavy atom. The second-order valence-electron chi connectivity index (χ2n) is 8.66. The molecule has 1 aromatic heterocycles. The molecule has 0 fully saturated rings. The number of fused-ring (bicyclic) bond motifs is 3. The number of benzene rings is 3. The number of urea groups is 1. The first-order valence-electron chi connectivity index (χ1n) is 11.2. The summed E-state index contributed by atoms with van der Waals surface area (Å²) in [5, 5.41) is 3.53. The van der Waals surface area contributed by atoms with Gasteiger partial charge in [-0.3, -0.25) is 0 Å². The molecule has 5 rings (SSSR count). The topological polar surface area (TPSA) is 57.4 Å². The number of hydrogen-bond acceptors (Lipinski definition) is 2. The standard InChI is InChI=1S/C27H24F3N3O2/c1-16-7-9-17(10-8-16)25-24-19(20-15-18(35-2)11-12-22(20)31-24)13-14-33(25)26(34)32-23-6-4-3-5-21(23)27(28,29)30/h3-12,15,25,31H,13-14H2,1-2H3,(H,32,34). The van der Waals surface area contributed by atoms with Crippen LogP contribution in [0.3, 0.4) is 0 Å². The number of amides is 2. The van der Waals surface area contributed by atoms with Crippen LogP contribution >= 0.6 is 0 Å². The Morgan fingerprint density at radius 2 is 1.83 bits per heavy atom. The van der Waals surface area contributed by atoms with Crippen LogP contribution in [0.15, 0.2) is 66.7 Å². The fourth-order valence-corrected chi connectivity index (χ4v) is 4.74. The summed E-state index contributed by atoms with van der Waals surface area (Å²) in [5.41, 5.74) is 3.63. The SMILES string of the molecule is COc1ccc2[nH]c3c(c2c1)CCN(C(=O)Nc1ccccc1C(F)(F)F)C3c1ccc(C)cc1. The van der Waals surface area contributed by atoms with E-state index in [-0.39, 0.29) is 5.69 Å². The van der Waals surface area contributed by atoms with Crippen molar-refractivity contribution in [3.05, 3.63) is 94.7 Å². The fourth-order valence-electron chi connectivity index (χ4n) is 4.74. The van der Waals surface area contributed by atoms with E-state index in [1.54, 1.807) is 12.0 Å². The highest BCUT2D eigenvalue weighted by Gasteiger charge is 2.37. The maximum Gasteiger partial charge on any atom is 0.418 e. The highest BCUT2D eigenvalue weighted by Crippen LogP contribution is 2.40. The van der Waals surface area contributed by atoms with Crippen LogP contribution in [0, 0.1) is 6.92 Å². The Hall–Kier alpha value is -3.94. The molecule has 2 amide bonds. The fraction of sp³-hybridized carbons (Fsp3) is 0.222. The van der Waals surface area contributed by atoms with Crippen LogP contribution in [-0.2, 0) is 12.6 Å². The molecule has 1 atom stereocenters. The van der Waals surface area contributed by atoms with Crippen LogP contribution in [0.25, 0.3) is 10.9 Å². The maximum atomic E-state index is 13.5. The van der Waals surface area contributed by atoms with Crippen LogP contribution < -0.4 is 10.1 Å². The minimum absolute atomic E-state index is 0.264. The Balaban J connectivity index is 1.58. The molecule has 180 valence electrons. The molecule has 0 aliphatic carbocycles. The predicted octanol–water partition coefficient (Wildman–Crippen LogP) is 6.68. The van der Waals surface area contributed by atoms with Gasteiger partial charge < -0.3 is 19.9 Å². The quantitative estimate of drug-likeness (QED) is 0.344. The third-order valence-electron chi connectivity index (χ3n) is 6.46. The summed E-state index contributed by atoms with van der Waals surface area (Å²) < 4.78 is 45.9. The molecule has 0 saturated heterocycles. The lowest BCUT2D eigenvalue weighted by atomic mass is 9.92. The summed E-state index contributed by atoms with van der Waals surface area (Å²) in [6, 6.07) is 17.5. The lowest BCUT2D eigenvalue weighted by molar-refractivity contribution is -0.136. The van der Waals surface area contributed by atoms with Crippen molar-refractivity contribution in [2.75, 3.05) is 19.0 Å². The number of H-pyrrole nitrogens is 1. The monoisotopic (exact) mass is 479 g/mol. The molecule has 0 radical (unpaired) electrons. The number of alkyl halides is 3. The maximum absolute atomic E-state index is 13.5. The van der Waals surface area contributed by atoms with Crippen molar-refractivity contribution in [1.82, 2.24) is 9.88 Å². The number of methoxy groups -OCH3 is 1. The van der Waals surface area contributed by atoms with Crippen molar-refractivity contribution >= 4 is 22.6 Å². The summed E-state index contributed by atoms with van der Waals surface area (Å²) in [5.74, 6) is 0.732. The Morgan fingerprint density at radius 1 is 1.09 bits per heavy atom. The van der Waals surface area contributed by atoms with Gasteiger partial charge in [0.25, 0.3) is 0 Å². The number of ether oxygens (including phenoxy) is 1. The Bertz CT molecular complexity index is 1390. The highest BCUT2D eigenvalue weighted by atomic mass is 19.4. The van der Waals surface area contributed by atoms with Gasteiger partial charge >= 0.3 is 12.2 Å². The first kappa shape index (κ1) is 22.8. The molecule has 2 heterocycles. The van der Waals surface area contributed by atoms with E-state index >= 15 is 0 Å². The van der Waals surface area contributed by atoms with Crippen molar-refractivity contribution < 1.29 is 22.7 Å². The molecule has 2 N–H and O–H groups in total. The van der Waals surface area contributed by atoms with Crippen molar-refractivity contribution in [3.63, 3.8) is 0 Å². The molecule has 0 saturated carbocycles. The number of carbonyl (C=O) groups is 1. The van der Waals surface area contributed by atoms with E-state index in [0.717, 1.165) is 45.1 Å². The molecule has 8 heteroatoms. The number of aryl methyl sites for hydroxylation is 1. The molecular formula is C27H24F3N3O2. The summed E-state index contributed by atoms with van der Waals surface area (Å²) in [6.07, 6.45) is -4.02. The van der Waals surface area contributed by atoms with E-state index in [9.17, 15) is 18.0 Å². The molecule has 4 aromatic rings. The number of para-hydroxylation sites is 1. The first-order valence-corrected chi connectivity index (χ1v) is 11.2. The number of aromatic amines is 1. The van der Waals surface area contributed by atoms with Gasteiger partial charge in [-0.2, -0.15) is 13.2 Å². The number of anilines is 1. The van der Waals surface area contributed by atoms with Crippen LogP contribution in [0.1, 0.15) is 34.0 Å². The molecule has 1 aliphatic heterocycles. The van der Waals surface area contributed by atoms with E-state index in [1.807, 2.05) is 49.4 Å². The second kappa shape index (κ2) is 8.69. The summed E-state index contributed by atoms with van der Waals surface area (Å²) in [6.45, 7) is 2.32. The lowest BCUT2D eigenvalue weighted by Gasteiger charge is -2.36. The van der Waals surface area contributed by atoms with E-state index in [4.69, 9.17) is 4.74 Å². The molecule has 1 aliphatic rings. The number of halogens is 3. The smallest absolute Gasteiger partial charge is 0.418 e. The van der Waals surface area contributed by atoms with Gasteiger partial charge in [-0.15, -0.1) is 0 Å². The van der Waals surface area contributed by atoms with E-state index in [0.29, 0.717) is 13.0 Å². The Kier molecular flexibility index (Phi) is 5.67. The van der Waals surface area contributed by atoms with Crippen LogP contribution in [-0.4, -0.2) is 29.6 Å². The van der Waals surface area contributed by atoms with Crippen molar-refractivity contribution in [2.24, 2.45) is 0 Å². The number of nitrogens with zero attached hydrogens (tertiary/aromatic N) is 1. The number of rotatable bonds is 3. The van der Waals surface area contributed by atoms with Crippen molar-refractivity contribution in [1.29, 1.82) is 0 Å². The molecule has 0 spiro atoms. The van der Waals surface area contributed by atoms with Gasteiger partial charge in [0.1, 0.15) is 5.75 Å². The van der Waals surface area contributed by atoms with Crippen LogP contribution in [0.4, 0.5) is 23.7 Å². The van der Waals surface area contributed by atoms with E-state index in [2.05, 4.69) is 10.3 Å². The second-order valence-corrected chi connectivity index (χ2v) is 8.66. The molecule has 0 bridgehead atoms. The Labute approximate surface area is 200 Å². The average molecular weight is 480 g/mol. The van der Waals surface area contributed by atoms with Crippen LogP contribution in [0.2, 0.25) is 0 Å². The third kappa shape index (κ3) is 4.20. The van der Waals surface area contributed by atoms with Gasteiger partial charge in [-0.1, -0.05) is 42.0 Å². The zero-order chi connectivity index (χ0) is 24.7. The van der Waals surface area contributed by atoms with Gasteiger partial charge in [-0.25, -0.2) is 4.79 Å². The van der Waals surface area contributed by atoms with Gasteiger partial charge in [-0.05, 0) is 54.8 Å². The lowest BCUT2D eigenvalue weighted by Crippen LogP contribution is -2.43. The predicted molar refractivity (Wildman–Crippen MR) is 129 cm³/mol. The zero-order valence-electron chi connectivity index (χ0n) is 19.2. The average Bonchev–Trinajstić information content (AvgIpc) is 3.21. The summed E-state index contributed by atoms with van der Waals surface area (Å²) >= 11 is 0. The summed E-state index contributed by atoms with van der Waals surface area (Å²) in [7, 11) is 1.61. The normalized spacial score (nSPS) is 15.7. The summed E-state index contributed by atoms with van der Waals surface area (Å²) in [4.78, 5) is 18.5. The van der Waals surface area contributed by atoms with Gasteiger partial charge in [0.15, 0.2) is 0 Å². The molecule has 3 aromatic carbocycles. The molecular weight excluding hydrogens is 455 g/mol. The van der Waals surface area contributed by atoms with Crippen molar-refractivity contribution in [2.45, 2.75) is 25.6 Å². The van der Waals surface area contributed by atoms with E-state index in [1.165, 1.54) is 18.2 Å². The van der Waals surface area contributed by atoms with Gasteiger partial charge in [0.05, 0.1) is 24.4 Å². The van der Waals surface area contributed by atoms with Crippen LogP contribution in [0.5, 0.6) is 5.75 Å². The van der Waals surface area contributed by atoms with E-state index < -0.39 is 23.8 Å². The molecule has 5 nitrogen and oxygen atoms in total. The number of aromatic nitrogens is 1. The molecule has 35 heavy (non-hydrogen) atoms. The van der Waals surface area contributed by atoms with Gasteiger partial charge in [0.2, 0.25) is 0 Å².